The molecule has 25 heavy (non-hydrogen) atoms. The summed E-state index contributed by atoms with van der Waals surface area (Å²) in [6.45, 7) is 4.26. The third kappa shape index (κ3) is 9.31. The van der Waals surface area contributed by atoms with Crippen LogP contribution < -0.4 is 15.4 Å². The Morgan fingerprint density at radius 2 is 2.00 bits per heavy atom. The Morgan fingerprint density at radius 1 is 1.24 bits per heavy atom. The monoisotopic (exact) mass is 492 g/mol. The quantitative estimate of drug-likeness (QED) is 0.183. The number of rotatable bonds is 9. The van der Waals surface area contributed by atoms with Crippen LogP contribution in [-0.2, 0) is 0 Å². The van der Waals surface area contributed by atoms with Crippen LogP contribution in [0, 0.1) is 6.92 Å². The van der Waals surface area contributed by atoms with Gasteiger partial charge in [-0.3, -0.25) is 4.99 Å². The number of aromatic nitrogens is 1. The Bertz CT molecular complexity index is 606. The van der Waals surface area contributed by atoms with Gasteiger partial charge in [0, 0.05) is 30.9 Å². The third-order valence-corrected chi connectivity index (χ3v) is 5.21. The van der Waals surface area contributed by atoms with Crippen LogP contribution in [-0.4, -0.2) is 43.4 Å². The van der Waals surface area contributed by atoms with Crippen molar-refractivity contribution in [1.82, 2.24) is 15.6 Å². The van der Waals surface area contributed by atoms with Crippen LogP contribution in [0.2, 0.25) is 0 Å². The fraction of sp³-hybridized carbons (Fsp3) is 0.412. The molecule has 0 bridgehead atoms. The number of halogens is 1. The first-order chi connectivity index (χ1) is 11.8. The van der Waals surface area contributed by atoms with E-state index >= 15 is 0 Å². The normalized spacial score (nSPS) is 10.9. The van der Waals surface area contributed by atoms with Crippen LogP contribution in [0.5, 0.6) is 5.75 Å². The molecule has 8 heteroatoms. The van der Waals surface area contributed by atoms with E-state index in [2.05, 4.69) is 27.5 Å². The average Bonchev–Trinajstić information content (AvgIpc) is 3.11. The lowest BCUT2D eigenvalue weighted by Gasteiger charge is -2.12. The Morgan fingerprint density at radius 3 is 2.68 bits per heavy atom. The summed E-state index contributed by atoms with van der Waals surface area (Å²) in [6.07, 6.45) is 2.90. The molecule has 0 aliphatic rings. The van der Waals surface area contributed by atoms with Crippen LogP contribution in [0.1, 0.15) is 12.0 Å². The molecule has 0 amide bonds. The van der Waals surface area contributed by atoms with E-state index in [1.807, 2.05) is 35.8 Å². The highest BCUT2D eigenvalue weighted by molar-refractivity contribution is 14.0. The Balaban J connectivity index is 0.00000312. The minimum absolute atomic E-state index is 0. The van der Waals surface area contributed by atoms with Gasteiger partial charge in [0.2, 0.25) is 0 Å². The number of hydrogen-bond acceptors (Lipinski definition) is 5. The van der Waals surface area contributed by atoms with Crippen molar-refractivity contribution >= 4 is 53.0 Å². The van der Waals surface area contributed by atoms with E-state index < -0.39 is 0 Å². The predicted octanol–water partition coefficient (Wildman–Crippen LogP) is 3.80. The molecular formula is C17H25IN4OS2. The van der Waals surface area contributed by atoms with Gasteiger partial charge in [0.05, 0.1) is 6.54 Å². The zero-order chi connectivity index (χ0) is 17.0. The largest absolute Gasteiger partial charge is 0.492 e. The van der Waals surface area contributed by atoms with Crippen molar-refractivity contribution in [2.45, 2.75) is 17.7 Å². The second-order valence-electron chi connectivity index (χ2n) is 5.09. The standard InChI is InChI=1S/C17H24N4OS2.HI/c1-14-4-6-15(7-5-14)22-11-9-20-16(18-2)19-8-3-12-23-17-21-10-13-24-17;/h4-7,10,13H,3,8-9,11-12H2,1-2H3,(H2,18,19,20);1H. The van der Waals surface area contributed by atoms with E-state index in [-0.39, 0.29) is 24.0 Å². The Hall–Kier alpha value is -1.000. The Kier molecular flexibility index (Phi) is 11.7. The van der Waals surface area contributed by atoms with Crippen molar-refractivity contribution in [3.63, 3.8) is 0 Å². The first-order valence-corrected chi connectivity index (χ1v) is 9.81. The molecule has 1 aromatic heterocycles. The van der Waals surface area contributed by atoms with E-state index in [0.717, 1.165) is 34.8 Å². The molecule has 0 atom stereocenters. The number of nitrogens with zero attached hydrogens (tertiary/aromatic N) is 2. The highest BCUT2D eigenvalue weighted by atomic mass is 127. The number of guanidine groups is 1. The SMILES string of the molecule is CN=C(NCCCSc1nccs1)NCCOc1ccc(C)cc1.I. The molecule has 0 unspecified atom stereocenters. The number of aryl methyl sites for hydroxylation is 1. The van der Waals surface area contributed by atoms with Gasteiger partial charge in [0.1, 0.15) is 16.7 Å². The number of ether oxygens (including phenoxy) is 1. The van der Waals surface area contributed by atoms with Gasteiger partial charge in [-0.05, 0) is 25.5 Å². The summed E-state index contributed by atoms with van der Waals surface area (Å²) < 4.78 is 6.82. The molecule has 0 saturated heterocycles. The number of benzene rings is 1. The number of nitrogens with one attached hydrogen (secondary N) is 2. The number of thioether (sulfide) groups is 1. The highest BCUT2D eigenvalue weighted by Gasteiger charge is 1.99. The minimum atomic E-state index is 0. The summed E-state index contributed by atoms with van der Waals surface area (Å²) in [5.41, 5.74) is 1.23. The molecule has 2 aromatic rings. The van der Waals surface area contributed by atoms with Crippen molar-refractivity contribution in [3.8, 4) is 5.75 Å². The van der Waals surface area contributed by atoms with E-state index in [0.29, 0.717) is 13.2 Å². The molecule has 1 heterocycles. The third-order valence-electron chi connectivity index (χ3n) is 3.16. The first kappa shape index (κ1) is 22.0. The molecule has 0 fully saturated rings. The summed E-state index contributed by atoms with van der Waals surface area (Å²) in [5, 5.41) is 8.57. The van der Waals surface area contributed by atoms with Gasteiger partial charge in [-0.1, -0.05) is 29.5 Å². The lowest BCUT2D eigenvalue weighted by atomic mass is 10.2. The molecule has 1 aromatic carbocycles. The van der Waals surface area contributed by atoms with Gasteiger partial charge >= 0.3 is 0 Å². The molecular weight excluding hydrogens is 467 g/mol. The van der Waals surface area contributed by atoms with Gasteiger partial charge in [-0.15, -0.1) is 35.3 Å². The van der Waals surface area contributed by atoms with Gasteiger partial charge in [-0.2, -0.15) is 0 Å². The van der Waals surface area contributed by atoms with E-state index in [1.165, 1.54) is 5.56 Å². The zero-order valence-corrected chi connectivity index (χ0v) is 18.5. The van der Waals surface area contributed by atoms with Crippen molar-refractivity contribution in [3.05, 3.63) is 41.4 Å². The van der Waals surface area contributed by atoms with Crippen LogP contribution in [0.3, 0.4) is 0 Å². The first-order valence-electron chi connectivity index (χ1n) is 7.94. The maximum atomic E-state index is 5.69. The van der Waals surface area contributed by atoms with Crippen LogP contribution >= 0.6 is 47.1 Å². The van der Waals surface area contributed by atoms with Crippen molar-refractivity contribution in [2.24, 2.45) is 4.99 Å². The second kappa shape index (κ2) is 13.2. The van der Waals surface area contributed by atoms with Gasteiger partial charge in [0.15, 0.2) is 5.96 Å². The molecule has 2 rings (SSSR count). The maximum absolute atomic E-state index is 5.69. The highest BCUT2D eigenvalue weighted by Crippen LogP contribution is 2.20. The number of hydrogen-bond donors (Lipinski definition) is 2. The predicted molar refractivity (Wildman–Crippen MR) is 119 cm³/mol. The molecule has 0 radical (unpaired) electrons. The fourth-order valence-corrected chi connectivity index (χ4v) is 3.56. The van der Waals surface area contributed by atoms with Crippen LogP contribution in [0.25, 0.3) is 0 Å². The van der Waals surface area contributed by atoms with Gasteiger partial charge < -0.3 is 15.4 Å². The Labute approximate surface area is 175 Å². The molecule has 2 N–H and O–H groups in total. The van der Waals surface area contributed by atoms with Crippen LogP contribution in [0.4, 0.5) is 0 Å². The molecule has 5 nitrogen and oxygen atoms in total. The zero-order valence-electron chi connectivity index (χ0n) is 14.5. The van der Waals surface area contributed by atoms with Gasteiger partial charge in [-0.25, -0.2) is 4.98 Å². The van der Waals surface area contributed by atoms with E-state index in [1.54, 1.807) is 30.1 Å². The average molecular weight is 492 g/mol. The fourth-order valence-electron chi connectivity index (χ4n) is 1.91. The van der Waals surface area contributed by atoms with Gasteiger partial charge in [0.25, 0.3) is 0 Å². The molecule has 0 saturated carbocycles. The summed E-state index contributed by atoms with van der Waals surface area (Å²) in [5.74, 6) is 2.75. The lowest BCUT2D eigenvalue weighted by molar-refractivity contribution is 0.322. The molecule has 0 aliphatic carbocycles. The lowest BCUT2D eigenvalue weighted by Crippen LogP contribution is -2.39. The summed E-state index contributed by atoms with van der Waals surface area (Å²) in [4.78, 5) is 8.47. The second-order valence-corrected chi connectivity index (χ2v) is 7.32. The van der Waals surface area contributed by atoms with Crippen LogP contribution in [0.15, 0.2) is 45.2 Å². The van der Waals surface area contributed by atoms with Crippen molar-refractivity contribution < 1.29 is 4.74 Å². The minimum Gasteiger partial charge on any atom is -0.492 e. The topological polar surface area (TPSA) is 58.5 Å². The molecule has 0 aliphatic heterocycles. The number of aliphatic imine (C=N–C) groups is 1. The number of thiazole rings is 1. The van der Waals surface area contributed by atoms with E-state index in [9.17, 15) is 0 Å². The smallest absolute Gasteiger partial charge is 0.191 e. The summed E-state index contributed by atoms with van der Waals surface area (Å²) in [7, 11) is 1.78. The van der Waals surface area contributed by atoms with Crippen molar-refractivity contribution in [1.29, 1.82) is 0 Å². The summed E-state index contributed by atoms with van der Waals surface area (Å²) in [6, 6.07) is 8.07. The summed E-state index contributed by atoms with van der Waals surface area (Å²) >= 11 is 3.48. The maximum Gasteiger partial charge on any atom is 0.191 e. The molecule has 138 valence electrons. The van der Waals surface area contributed by atoms with E-state index in [4.69, 9.17) is 4.74 Å². The molecule has 0 spiro atoms. The van der Waals surface area contributed by atoms with Crippen molar-refractivity contribution in [2.75, 3.05) is 32.5 Å².